The lowest BCUT2D eigenvalue weighted by Gasteiger charge is -2.18. The van der Waals surface area contributed by atoms with Gasteiger partial charge in [0.05, 0.1) is 23.0 Å². The number of nitrogens with zero attached hydrogens (tertiary/aromatic N) is 2. The maximum Gasteiger partial charge on any atom is 0.411 e. The Morgan fingerprint density at radius 3 is 2.52 bits per heavy atom. The molecule has 0 aliphatic heterocycles. The summed E-state index contributed by atoms with van der Waals surface area (Å²) >= 11 is 6.28. The molecule has 0 saturated carbocycles. The Morgan fingerprint density at radius 2 is 2.05 bits per heavy atom. The minimum absolute atomic E-state index is 0.0390. The van der Waals surface area contributed by atoms with Crippen LogP contribution in [0.25, 0.3) is 0 Å². The molecule has 0 amide bonds. The zero-order chi connectivity index (χ0) is 16.0. The molecule has 8 heteroatoms. The van der Waals surface area contributed by atoms with E-state index in [1.54, 1.807) is 11.7 Å². The van der Waals surface area contributed by atoms with Crippen molar-refractivity contribution in [3.63, 3.8) is 0 Å². The summed E-state index contributed by atoms with van der Waals surface area (Å²) < 4.78 is 42.8. The second-order valence-corrected chi connectivity index (χ2v) is 5.07. The van der Waals surface area contributed by atoms with Gasteiger partial charge in [0.15, 0.2) is 0 Å². The van der Waals surface area contributed by atoms with Gasteiger partial charge in [-0.25, -0.2) is 0 Å². The van der Waals surface area contributed by atoms with Crippen molar-refractivity contribution in [1.29, 1.82) is 0 Å². The molecule has 0 aromatic carbocycles. The lowest BCUT2D eigenvalue weighted by molar-refractivity contribution is -0.175. The predicted octanol–water partition coefficient (Wildman–Crippen LogP) is 2.83. The number of hydrogen-bond donors (Lipinski definition) is 1. The summed E-state index contributed by atoms with van der Waals surface area (Å²) in [5.74, 6) is 0. The number of nitrogens with one attached hydrogen (secondary N) is 1. The molecule has 1 aromatic rings. The first kappa shape index (κ1) is 18.3. The smallest absolute Gasteiger partial charge is 0.370 e. The highest BCUT2D eigenvalue weighted by Gasteiger charge is 2.28. The van der Waals surface area contributed by atoms with Crippen LogP contribution in [0.1, 0.15) is 25.2 Å². The summed E-state index contributed by atoms with van der Waals surface area (Å²) in [7, 11) is 1.68. The lowest BCUT2D eigenvalue weighted by Crippen LogP contribution is -2.35. The van der Waals surface area contributed by atoms with Crippen LogP contribution in [-0.2, 0) is 24.1 Å². The van der Waals surface area contributed by atoms with Crippen LogP contribution >= 0.6 is 11.6 Å². The van der Waals surface area contributed by atoms with Crippen molar-refractivity contribution < 1.29 is 17.9 Å². The summed E-state index contributed by atoms with van der Waals surface area (Å²) in [6.45, 7) is 3.28. The summed E-state index contributed by atoms with van der Waals surface area (Å²) in [6.07, 6.45) is -3.13. The van der Waals surface area contributed by atoms with Gasteiger partial charge >= 0.3 is 6.18 Å². The Balaban J connectivity index is 2.70. The fourth-order valence-electron chi connectivity index (χ4n) is 2.01. The van der Waals surface area contributed by atoms with Crippen molar-refractivity contribution in [2.45, 2.75) is 45.5 Å². The Bertz CT molecular complexity index is 449. The van der Waals surface area contributed by atoms with Gasteiger partial charge in [0.25, 0.3) is 0 Å². The van der Waals surface area contributed by atoms with E-state index < -0.39 is 12.8 Å². The molecule has 1 atom stereocenters. The highest BCUT2D eigenvalue weighted by Crippen LogP contribution is 2.23. The summed E-state index contributed by atoms with van der Waals surface area (Å²) in [4.78, 5) is 0. The van der Waals surface area contributed by atoms with Crippen molar-refractivity contribution in [2.24, 2.45) is 0 Å². The fourth-order valence-corrected chi connectivity index (χ4v) is 2.35. The molecule has 1 unspecified atom stereocenters. The molecule has 21 heavy (non-hydrogen) atoms. The second kappa shape index (κ2) is 8.00. The SMILES string of the molecule is CCc1nn(CC)c(CC(COCC(F)(F)F)NC)c1Cl. The Labute approximate surface area is 127 Å². The molecule has 0 bridgehead atoms. The molecule has 1 aromatic heterocycles. The van der Waals surface area contributed by atoms with Crippen molar-refractivity contribution in [2.75, 3.05) is 20.3 Å². The van der Waals surface area contributed by atoms with Gasteiger partial charge in [-0.3, -0.25) is 4.68 Å². The first-order valence-corrected chi connectivity index (χ1v) is 7.25. The summed E-state index contributed by atoms with van der Waals surface area (Å²) in [6, 6.07) is -0.253. The Hall–Kier alpha value is -0.790. The topological polar surface area (TPSA) is 39.1 Å². The number of hydrogen-bond acceptors (Lipinski definition) is 3. The molecule has 0 aliphatic rings. The zero-order valence-electron chi connectivity index (χ0n) is 12.4. The standard InChI is InChI=1S/C13H21ClF3N3O/c1-4-10-12(14)11(20(5-2)19-10)6-9(18-3)7-21-8-13(15,16)17/h9,18H,4-8H2,1-3H3. The Morgan fingerprint density at radius 1 is 1.38 bits per heavy atom. The Kier molecular flexibility index (Phi) is 6.96. The number of rotatable bonds is 8. The third-order valence-electron chi connectivity index (χ3n) is 3.13. The predicted molar refractivity (Wildman–Crippen MR) is 75.7 cm³/mol. The highest BCUT2D eigenvalue weighted by molar-refractivity contribution is 6.31. The van der Waals surface area contributed by atoms with Crippen LogP contribution < -0.4 is 5.32 Å². The molecular weight excluding hydrogens is 307 g/mol. The number of ether oxygens (including phenoxy) is 1. The molecular formula is C13H21ClF3N3O. The van der Waals surface area contributed by atoms with Crippen molar-refractivity contribution in [3.8, 4) is 0 Å². The van der Waals surface area contributed by atoms with Crippen LogP contribution in [0.4, 0.5) is 13.2 Å². The minimum Gasteiger partial charge on any atom is -0.370 e. The van der Waals surface area contributed by atoms with E-state index in [4.69, 9.17) is 16.3 Å². The molecule has 1 heterocycles. The van der Waals surface area contributed by atoms with Crippen LogP contribution in [0.5, 0.6) is 0 Å². The van der Waals surface area contributed by atoms with Crippen LogP contribution in [0.15, 0.2) is 0 Å². The third kappa shape index (κ3) is 5.48. The van der Waals surface area contributed by atoms with Gasteiger partial charge in [0.1, 0.15) is 6.61 Å². The average Bonchev–Trinajstić information content (AvgIpc) is 2.72. The monoisotopic (exact) mass is 327 g/mol. The molecule has 0 radical (unpaired) electrons. The van der Waals surface area contributed by atoms with E-state index in [9.17, 15) is 13.2 Å². The van der Waals surface area contributed by atoms with E-state index in [1.165, 1.54) is 0 Å². The first-order chi connectivity index (χ1) is 9.82. The molecule has 0 saturated heterocycles. The van der Waals surface area contributed by atoms with Gasteiger partial charge in [-0.2, -0.15) is 18.3 Å². The van der Waals surface area contributed by atoms with Crippen molar-refractivity contribution in [1.82, 2.24) is 15.1 Å². The maximum atomic E-state index is 12.1. The van der Waals surface area contributed by atoms with Crippen LogP contribution in [0.3, 0.4) is 0 Å². The van der Waals surface area contributed by atoms with E-state index in [2.05, 4.69) is 10.4 Å². The molecule has 122 valence electrons. The summed E-state index contributed by atoms with van der Waals surface area (Å²) in [5.41, 5.74) is 1.63. The highest BCUT2D eigenvalue weighted by atomic mass is 35.5. The quantitative estimate of drug-likeness (QED) is 0.798. The van der Waals surface area contributed by atoms with E-state index >= 15 is 0 Å². The fraction of sp³-hybridized carbons (Fsp3) is 0.769. The lowest BCUT2D eigenvalue weighted by atomic mass is 10.1. The van der Waals surface area contributed by atoms with Gasteiger partial charge in [-0.05, 0) is 20.4 Å². The number of aromatic nitrogens is 2. The van der Waals surface area contributed by atoms with Gasteiger partial charge in [0, 0.05) is 19.0 Å². The van der Waals surface area contributed by atoms with Gasteiger partial charge in [-0.1, -0.05) is 18.5 Å². The number of halogens is 4. The zero-order valence-corrected chi connectivity index (χ0v) is 13.2. The van der Waals surface area contributed by atoms with E-state index in [0.29, 0.717) is 24.4 Å². The van der Waals surface area contributed by atoms with Gasteiger partial charge < -0.3 is 10.1 Å². The second-order valence-electron chi connectivity index (χ2n) is 4.70. The van der Waals surface area contributed by atoms with E-state index in [0.717, 1.165) is 11.4 Å². The molecule has 0 aliphatic carbocycles. The normalized spacial score (nSPS) is 13.7. The van der Waals surface area contributed by atoms with Crippen molar-refractivity contribution >= 4 is 11.6 Å². The molecule has 4 nitrogen and oxygen atoms in total. The number of alkyl halides is 3. The minimum atomic E-state index is -4.31. The van der Waals surface area contributed by atoms with E-state index in [1.807, 2.05) is 13.8 Å². The maximum absolute atomic E-state index is 12.1. The summed E-state index contributed by atoms with van der Waals surface area (Å²) in [5, 5.41) is 7.93. The van der Waals surface area contributed by atoms with Gasteiger partial charge in [-0.15, -0.1) is 0 Å². The van der Waals surface area contributed by atoms with Crippen molar-refractivity contribution in [3.05, 3.63) is 16.4 Å². The number of aryl methyl sites for hydroxylation is 2. The van der Waals surface area contributed by atoms with E-state index in [-0.39, 0.29) is 12.6 Å². The molecule has 1 N–H and O–H groups in total. The molecule has 1 rings (SSSR count). The van der Waals surface area contributed by atoms with Gasteiger partial charge in [0.2, 0.25) is 0 Å². The first-order valence-electron chi connectivity index (χ1n) is 6.88. The van der Waals surface area contributed by atoms with Crippen LogP contribution in [0, 0.1) is 0 Å². The van der Waals surface area contributed by atoms with Crippen LogP contribution in [0.2, 0.25) is 5.02 Å². The third-order valence-corrected chi connectivity index (χ3v) is 3.56. The average molecular weight is 328 g/mol. The molecule has 0 spiro atoms. The largest absolute Gasteiger partial charge is 0.411 e. The molecule has 0 fully saturated rings. The number of likely N-dealkylation sites (N-methyl/N-ethyl adjacent to an activating group) is 1. The van der Waals surface area contributed by atoms with Crippen LogP contribution in [-0.4, -0.2) is 42.3 Å².